The van der Waals surface area contributed by atoms with Crippen LogP contribution in [0.2, 0.25) is 5.02 Å². The van der Waals surface area contributed by atoms with Crippen LogP contribution < -0.4 is 10.5 Å². The molecule has 1 aromatic heterocycles. The molecule has 0 aliphatic heterocycles. The third-order valence-electron chi connectivity index (χ3n) is 2.96. The zero-order valence-corrected chi connectivity index (χ0v) is 11.4. The summed E-state index contributed by atoms with van der Waals surface area (Å²) in [5.74, 6) is -1.86. The van der Waals surface area contributed by atoms with E-state index in [1.165, 1.54) is 24.4 Å². The predicted octanol–water partition coefficient (Wildman–Crippen LogP) is 4.54. The molecule has 0 spiro atoms. The van der Waals surface area contributed by atoms with Crippen LogP contribution in [0.5, 0.6) is 11.5 Å². The van der Waals surface area contributed by atoms with Gasteiger partial charge < -0.3 is 10.5 Å². The Morgan fingerprint density at radius 2 is 1.95 bits per heavy atom. The molecule has 3 nitrogen and oxygen atoms in total. The van der Waals surface area contributed by atoms with Gasteiger partial charge in [-0.05, 0) is 24.3 Å². The zero-order chi connectivity index (χ0) is 15.0. The van der Waals surface area contributed by atoms with Crippen molar-refractivity contribution in [3.05, 3.63) is 59.3 Å². The second kappa shape index (κ2) is 5.18. The monoisotopic (exact) mass is 306 g/mol. The van der Waals surface area contributed by atoms with Gasteiger partial charge in [0.1, 0.15) is 5.52 Å². The van der Waals surface area contributed by atoms with E-state index in [-0.39, 0.29) is 27.7 Å². The summed E-state index contributed by atoms with van der Waals surface area (Å²) in [6.07, 6.45) is 1.47. The Hall–Kier alpha value is -2.40. The first-order chi connectivity index (χ1) is 10.1. The minimum Gasteiger partial charge on any atom is -0.449 e. The van der Waals surface area contributed by atoms with Gasteiger partial charge in [0.05, 0.1) is 5.02 Å². The number of rotatable bonds is 2. The van der Waals surface area contributed by atoms with E-state index in [4.69, 9.17) is 22.1 Å². The van der Waals surface area contributed by atoms with Gasteiger partial charge in [0.2, 0.25) is 0 Å². The molecule has 0 bridgehead atoms. The summed E-state index contributed by atoms with van der Waals surface area (Å²) in [5.41, 5.74) is 6.19. The van der Waals surface area contributed by atoms with Crippen molar-refractivity contribution >= 4 is 28.2 Å². The third kappa shape index (κ3) is 2.36. The number of fused-ring (bicyclic) bond motifs is 1. The fourth-order valence-electron chi connectivity index (χ4n) is 1.98. The number of aromatic nitrogens is 1. The maximum Gasteiger partial charge on any atom is 0.189 e. The first-order valence-corrected chi connectivity index (χ1v) is 6.40. The van der Waals surface area contributed by atoms with E-state index in [0.717, 1.165) is 6.07 Å². The van der Waals surface area contributed by atoms with Crippen molar-refractivity contribution in [1.82, 2.24) is 4.98 Å². The number of ether oxygens (including phenoxy) is 1. The minimum atomic E-state index is -0.764. The number of hydrogen-bond donors (Lipinski definition) is 1. The molecule has 3 rings (SSSR count). The minimum absolute atomic E-state index is 0.111. The third-order valence-corrected chi connectivity index (χ3v) is 3.25. The van der Waals surface area contributed by atoms with Gasteiger partial charge in [-0.15, -0.1) is 0 Å². The summed E-state index contributed by atoms with van der Waals surface area (Å²) < 4.78 is 33.3. The number of nitrogens with zero attached hydrogens (tertiary/aromatic N) is 1. The van der Waals surface area contributed by atoms with Gasteiger partial charge >= 0.3 is 0 Å². The molecule has 0 aliphatic rings. The van der Waals surface area contributed by atoms with Crippen molar-refractivity contribution in [2.75, 3.05) is 5.73 Å². The lowest BCUT2D eigenvalue weighted by Gasteiger charge is -2.12. The lowest BCUT2D eigenvalue weighted by Crippen LogP contribution is -1.97. The Balaban J connectivity index is 2.19. The summed E-state index contributed by atoms with van der Waals surface area (Å²) in [4.78, 5) is 4.05. The Morgan fingerprint density at radius 1 is 1.14 bits per heavy atom. The molecule has 0 saturated carbocycles. The van der Waals surface area contributed by atoms with Crippen molar-refractivity contribution in [3.8, 4) is 11.5 Å². The molecule has 6 heteroatoms. The highest BCUT2D eigenvalue weighted by atomic mass is 35.5. The number of pyridine rings is 1. The largest absolute Gasteiger partial charge is 0.449 e. The molecule has 1 heterocycles. The standard InChI is InChI=1S/C15H9ClF2N2O/c16-9-4-1-5-12(13(9)18)21-15-10(17)7-11(19)8-3-2-6-20-14(8)15/h1-7H,19H2. The maximum atomic E-state index is 14.1. The molecule has 0 amide bonds. The summed E-state index contributed by atoms with van der Waals surface area (Å²) in [6.45, 7) is 0. The van der Waals surface area contributed by atoms with Crippen molar-refractivity contribution in [3.63, 3.8) is 0 Å². The van der Waals surface area contributed by atoms with Gasteiger partial charge in [0, 0.05) is 23.3 Å². The number of benzene rings is 2. The molecule has 0 saturated heterocycles. The van der Waals surface area contributed by atoms with E-state index in [9.17, 15) is 8.78 Å². The summed E-state index contributed by atoms with van der Waals surface area (Å²) in [7, 11) is 0. The van der Waals surface area contributed by atoms with Crippen LogP contribution in [0.15, 0.2) is 42.6 Å². The van der Waals surface area contributed by atoms with E-state index in [1.807, 2.05) is 0 Å². The van der Waals surface area contributed by atoms with E-state index in [0.29, 0.717) is 5.39 Å². The van der Waals surface area contributed by atoms with Crippen LogP contribution in [-0.2, 0) is 0 Å². The molecule has 106 valence electrons. The van der Waals surface area contributed by atoms with Gasteiger partial charge in [-0.1, -0.05) is 17.7 Å². The van der Waals surface area contributed by atoms with Crippen molar-refractivity contribution in [1.29, 1.82) is 0 Å². The van der Waals surface area contributed by atoms with Crippen LogP contribution in [0.4, 0.5) is 14.5 Å². The SMILES string of the molecule is Nc1cc(F)c(Oc2cccc(Cl)c2F)c2ncccc12. The second-order valence-electron chi connectivity index (χ2n) is 4.33. The summed E-state index contributed by atoms with van der Waals surface area (Å²) >= 11 is 5.68. The molecule has 21 heavy (non-hydrogen) atoms. The molecular formula is C15H9ClF2N2O. The highest BCUT2D eigenvalue weighted by Crippen LogP contribution is 2.36. The molecule has 0 atom stereocenters. The van der Waals surface area contributed by atoms with Gasteiger partial charge in [-0.3, -0.25) is 4.98 Å². The van der Waals surface area contributed by atoms with Crippen molar-refractivity contribution in [2.24, 2.45) is 0 Å². The van der Waals surface area contributed by atoms with Crippen molar-refractivity contribution in [2.45, 2.75) is 0 Å². The van der Waals surface area contributed by atoms with Crippen LogP contribution in [0.1, 0.15) is 0 Å². The summed E-state index contributed by atoms with van der Waals surface area (Å²) in [5, 5.41) is 0.414. The number of nitrogens with two attached hydrogens (primary N) is 1. The quantitative estimate of drug-likeness (QED) is 0.707. The Bertz CT molecular complexity index is 839. The highest BCUT2D eigenvalue weighted by Gasteiger charge is 2.16. The fourth-order valence-corrected chi connectivity index (χ4v) is 2.15. The van der Waals surface area contributed by atoms with Crippen LogP contribution in [0.3, 0.4) is 0 Å². The van der Waals surface area contributed by atoms with Crippen LogP contribution in [0.25, 0.3) is 10.9 Å². The van der Waals surface area contributed by atoms with Gasteiger partial charge in [0.15, 0.2) is 23.1 Å². The topological polar surface area (TPSA) is 48.1 Å². The summed E-state index contributed by atoms with van der Waals surface area (Å²) in [6, 6.07) is 8.69. The van der Waals surface area contributed by atoms with Crippen LogP contribution >= 0.6 is 11.6 Å². The van der Waals surface area contributed by atoms with E-state index >= 15 is 0 Å². The Kier molecular flexibility index (Phi) is 3.35. The lowest BCUT2D eigenvalue weighted by molar-refractivity contribution is 0.419. The maximum absolute atomic E-state index is 14.1. The first-order valence-electron chi connectivity index (χ1n) is 6.02. The molecule has 2 aromatic carbocycles. The fraction of sp³-hybridized carbons (Fsp3) is 0. The Labute approximate surface area is 123 Å². The first kappa shape index (κ1) is 13.6. The highest BCUT2D eigenvalue weighted by molar-refractivity contribution is 6.30. The number of hydrogen-bond acceptors (Lipinski definition) is 3. The second-order valence-corrected chi connectivity index (χ2v) is 4.74. The van der Waals surface area contributed by atoms with E-state index < -0.39 is 11.6 Å². The lowest BCUT2D eigenvalue weighted by atomic mass is 10.1. The van der Waals surface area contributed by atoms with Gasteiger partial charge in [0.25, 0.3) is 0 Å². The number of anilines is 1. The van der Waals surface area contributed by atoms with E-state index in [2.05, 4.69) is 4.98 Å². The predicted molar refractivity (Wildman–Crippen MR) is 77.6 cm³/mol. The zero-order valence-electron chi connectivity index (χ0n) is 10.6. The molecule has 0 unspecified atom stereocenters. The molecule has 3 aromatic rings. The number of nitrogen functional groups attached to an aromatic ring is 1. The number of halogens is 3. The molecular weight excluding hydrogens is 298 g/mol. The van der Waals surface area contributed by atoms with Crippen molar-refractivity contribution < 1.29 is 13.5 Å². The van der Waals surface area contributed by atoms with Gasteiger partial charge in [-0.25, -0.2) is 8.78 Å². The Morgan fingerprint density at radius 3 is 2.76 bits per heavy atom. The molecule has 0 aliphatic carbocycles. The van der Waals surface area contributed by atoms with E-state index in [1.54, 1.807) is 12.1 Å². The van der Waals surface area contributed by atoms with Crippen LogP contribution in [0, 0.1) is 11.6 Å². The average Bonchev–Trinajstić information content (AvgIpc) is 2.47. The average molecular weight is 307 g/mol. The van der Waals surface area contributed by atoms with Gasteiger partial charge in [-0.2, -0.15) is 0 Å². The smallest absolute Gasteiger partial charge is 0.189 e. The normalized spacial score (nSPS) is 10.8. The molecule has 2 N–H and O–H groups in total. The van der Waals surface area contributed by atoms with Crippen LogP contribution in [-0.4, -0.2) is 4.98 Å². The molecule has 0 fully saturated rings. The molecule has 0 radical (unpaired) electrons.